The van der Waals surface area contributed by atoms with Crippen molar-refractivity contribution >= 4 is 23.4 Å². The average molecular weight is 418 g/mol. The molecule has 0 saturated heterocycles. The number of nitrogens with one attached hydrogen (secondary N) is 1. The summed E-state index contributed by atoms with van der Waals surface area (Å²) >= 11 is 1.31. The van der Waals surface area contributed by atoms with Crippen LogP contribution in [0.1, 0.15) is 17.9 Å². The number of nitrogens with zero attached hydrogens (tertiary/aromatic N) is 3. The molecule has 4 rings (SSSR count). The average Bonchev–Trinajstić information content (AvgIpc) is 3.38. The first-order valence-electron chi connectivity index (χ1n) is 8.95. The standard InChI is InChI=1S/C20H17F3N4OS/c21-20(22,23)12-27-11-16(10-25-27)29-15-5-3-14(4-6-15)26-19(28)18-8-17(18)13-2-1-7-24-9-13/h1-7,9-11,17-18H,8,12H2,(H,26,28). The highest BCUT2D eigenvalue weighted by Gasteiger charge is 2.44. The van der Waals surface area contributed by atoms with Crippen LogP contribution in [0.5, 0.6) is 0 Å². The highest BCUT2D eigenvalue weighted by atomic mass is 32.2. The van der Waals surface area contributed by atoms with Crippen LogP contribution < -0.4 is 5.32 Å². The molecule has 9 heteroatoms. The van der Waals surface area contributed by atoms with Crippen molar-refractivity contribution in [2.75, 3.05) is 5.32 Å². The van der Waals surface area contributed by atoms with Crippen LogP contribution in [0.25, 0.3) is 0 Å². The van der Waals surface area contributed by atoms with E-state index in [-0.39, 0.29) is 17.7 Å². The van der Waals surface area contributed by atoms with Crippen molar-refractivity contribution in [2.24, 2.45) is 5.92 Å². The van der Waals surface area contributed by atoms with E-state index in [1.54, 1.807) is 24.5 Å². The first-order chi connectivity index (χ1) is 13.9. The molecule has 1 aliphatic carbocycles. The topological polar surface area (TPSA) is 59.8 Å². The van der Waals surface area contributed by atoms with E-state index in [9.17, 15) is 18.0 Å². The molecule has 1 N–H and O–H groups in total. The Morgan fingerprint density at radius 1 is 1.17 bits per heavy atom. The number of alkyl halides is 3. The van der Waals surface area contributed by atoms with E-state index >= 15 is 0 Å². The third-order valence-corrected chi connectivity index (χ3v) is 5.50. The van der Waals surface area contributed by atoms with Crippen LogP contribution in [0, 0.1) is 5.92 Å². The molecule has 0 bridgehead atoms. The number of hydrogen-bond donors (Lipinski definition) is 1. The third kappa shape index (κ3) is 5.17. The molecule has 0 radical (unpaired) electrons. The van der Waals surface area contributed by atoms with E-state index in [1.165, 1.54) is 24.2 Å². The molecule has 150 valence electrons. The van der Waals surface area contributed by atoms with Gasteiger partial charge in [-0.1, -0.05) is 17.8 Å². The largest absolute Gasteiger partial charge is 0.408 e. The number of pyridine rings is 1. The highest BCUT2D eigenvalue weighted by molar-refractivity contribution is 7.99. The van der Waals surface area contributed by atoms with E-state index in [0.29, 0.717) is 10.6 Å². The Labute approximate surface area is 169 Å². The fourth-order valence-corrected chi connectivity index (χ4v) is 3.91. The second-order valence-corrected chi connectivity index (χ2v) is 7.99. The lowest BCUT2D eigenvalue weighted by Gasteiger charge is -2.06. The predicted octanol–water partition coefficient (Wildman–Crippen LogP) is 4.73. The lowest BCUT2D eigenvalue weighted by molar-refractivity contribution is -0.142. The van der Waals surface area contributed by atoms with Gasteiger partial charge in [0.25, 0.3) is 0 Å². The Morgan fingerprint density at radius 3 is 2.66 bits per heavy atom. The number of anilines is 1. The maximum absolute atomic E-state index is 12.4. The zero-order valence-electron chi connectivity index (χ0n) is 15.1. The summed E-state index contributed by atoms with van der Waals surface area (Å²) in [6.07, 6.45) is 2.78. The molecule has 2 heterocycles. The summed E-state index contributed by atoms with van der Waals surface area (Å²) in [7, 11) is 0. The van der Waals surface area contributed by atoms with Gasteiger partial charge in [0.15, 0.2) is 0 Å². The first kappa shape index (κ1) is 19.5. The number of hydrogen-bond acceptors (Lipinski definition) is 4. The zero-order chi connectivity index (χ0) is 20.4. The molecular formula is C20H17F3N4OS. The molecular weight excluding hydrogens is 401 g/mol. The Morgan fingerprint density at radius 2 is 1.97 bits per heavy atom. The number of benzene rings is 1. The molecule has 1 saturated carbocycles. The second-order valence-electron chi connectivity index (χ2n) is 6.84. The minimum atomic E-state index is -4.30. The minimum Gasteiger partial charge on any atom is -0.326 e. The number of halogens is 3. The van der Waals surface area contributed by atoms with Gasteiger partial charge in [0.2, 0.25) is 5.91 Å². The van der Waals surface area contributed by atoms with Crippen LogP contribution in [0.2, 0.25) is 0 Å². The first-order valence-corrected chi connectivity index (χ1v) is 9.77. The molecule has 0 aliphatic heterocycles. The third-order valence-electron chi connectivity index (χ3n) is 4.55. The van der Waals surface area contributed by atoms with Crippen LogP contribution in [0.3, 0.4) is 0 Å². The van der Waals surface area contributed by atoms with Crippen molar-refractivity contribution in [1.29, 1.82) is 0 Å². The Kier molecular flexibility index (Phi) is 5.31. The van der Waals surface area contributed by atoms with Gasteiger partial charge >= 0.3 is 6.18 Å². The molecule has 29 heavy (non-hydrogen) atoms. The van der Waals surface area contributed by atoms with Crippen molar-refractivity contribution in [3.8, 4) is 0 Å². The molecule has 2 atom stereocenters. The fourth-order valence-electron chi connectivity index (χ4n) is 3.09. The molecule has 1 fully saturated rings. The van der Waals surface area contributed by atoms with Crippen molar-refractivity contribution in [1.82, 2.24) is 14.8 Å². The number of aromatic nitrogens is 3. The van der Waals surface area contributed by atoms with Gasteiger partial charge in [-0.2, -0.15) is 18.3 Å². The lowest BCUT2D eigenvalue weighted by Crippen LogP contribution is -2.17. The summed E-state index contributed by atoms with van der Waals surface area (Å²) in [5, 5.41) is 6.64. The summed E-state index contributed by atoms with van der Waals surface area (Å²) in [5.74, 6) is 0.146. The van der Waals surface area contributed by atoms with Gasteiger partial charge < -0.3 is 5.32 Å². The molecule has 2 unspecified atom stereocenters. The Bertz CT molecular complexity index is 989. The highest BCUT2D eigenvalue weighted by Crippen LogP contribution is 2.47. The lowest BCUT2D eigenvalue weighted by atomic mass is 10.1. The maximum Gasteiger partial charge on any atom is 0.408 e. The van der Waals surface area contributed by atoms with E-state index in [4.69, 9.17) is 0 Å². The van der Waals surface area contributed by atoms with E-state index < -0.39 is 12.7 Å². The molecule has 0 spiro atoms. The minimum absolute atomic E-state index is 0.0207. The fraction of sp³-hybridized carbons (Fsp3) is 0.250. The van der Waals surface area contributed by atoms with E-state index in [2.05, 4.69) is 15.4 Å². The normalized spacial score (nSPS) is 18.4. The molecule has 3 aromatic rings. The molecule has 1 aromatic carbocycles. The van der Waals surface area contributed by atoms with Gasteiger partial charge in [0, 0.05) is 35.1 Å². The maximum atomic E-state index is 12.4. The summed E-state index contributed by atoms with van der Waals surface area (Å²) in [4.78, 5) is 18.0. The molecule has 1 amide bonds. The van der Waals surface area contributed by atoms with Crippen molar-refractivity contribution < 1.29 is 18.0 Å². The molecule has 1 aliphatic rings. The zero-order valence-corrected chi connectivity index (χ0v) is 16.0. The van der Waals surface area contributed by atoms with Crippen LogP contribution in [0.15, 0.2) is 71.0 Å². The molecule has 5 nitrogen and oxygen atoms in total. The summed E-state index contributed by atoms with van der Waals surface area (Å²) in [5.41, 5.74) is 1.76. The van der Waals surface area contributed by atoms with Gasteiger partial charge in [-0.05, 0) is 48.2 Å². The van der Waals surface area contributed by atoms with Gasteiger partial charge in [-0.25, -0.2) is 0 Å². The number of rotatable bonds is 6. The Hall–Kier alpha value is -2.81. The van der Waals surface area contributed by atoms with Gasteiger partial charge in [-0.15, -0.1) is 0 Å². The van der Waals surface area contributed by atoms with Crippen LogP contribution >= 0.6 is 11.8 Å². The van der Waals surface area contributed by atoms with Crippen LogP contribution in [-0.4, -0.2) is 26.8 Å². The Balaban J connectivity index is 1.31. The summed E-state index contributed by atoms with van der Waals surface area (Å²) < 4.78 is 38.1. The monoisotopic (exact) mass is 418 g/mol. The summed E-state index contributed by atoms with van der Waals surface area (Å²) in [6, 6.07) is 11.0. The second kappa shape index (κ2) is 7.90. The number of amides is 1. The van der Waals surface area contributed by atoms with Gasteiger partial charge in [0.1, 0.15) is 6.54 Å². The molecule has 2 aromatic heterocycles. The van der Waals surface area contributed by atoms with E-state index in [0.717, 1.165) is 21.6 Å². The quantitative estimate of drug-likeness (QED) is 0.629. The number of carbonyl (C=O) groups is 1. The van der Waals surface area contributed by atoms with E-state index in [1.807, 2.05) is 24.3 Å². The van der Waals surface area contributed by atoms with Gasteiger partial charge in [0.05, 0.1) is 11.1 Å². The van der Waals surface area contributed by atoms with Crippen molar-refractivity contribution in [3.63, 3.8) is 0 Å². The SMILES string of the molecule is O=C(Nc1ccc(Sc2cnn(CC(F)(F)F)c2)cc1)C1CC1c1cccnc1. The van der Waals surface area contributed by atoms with Crippen molar-refractivity contribution in [3.05, 3.63) is 66.7 Å². The van der Waals surface area contributed by atoms with Crippen LogP contribution in [-0.2, 0) is 11.3 Å². The van der Waals surface area contributed by atoms with Crippen molar-refractivity contribution in [2.45, 2.75) is 34.9 Å². The summed E-state index contributed by atoms with van der Waals surface area (Å²) in [6.45, 7) is -1.11. The van der Waals surface area contributed by atoms with Crippen LogP contribution in [0.4, 0.5) is 18.9 Å². The number of carbonyl (C=O) groups excluding carboxylic acids is 1. The van der Waals surface area contributed by atoms with Gasteiger partial charge in [-0.3, -0.25) is 14.5 Å². The smallest absolute Gasteiger partial charge is 0.326 e. The predicted molar refractivity (Wildman–Crippen MR) is 103 cm³/mol.